The molecule has 0 atom stereocenters. The van der Waals surface area contributed by atoms with E-state index in [9.17, 15) is 15.3 Å². The summed E-state index contributed by atoms with van der Waals surface area (Å²) in [5.74, 6) is 0.176. The maximum Gasteiger partial charge on any atom is 0.438 e. The van der Waals surface area contributed by atoms with E-state index in [2.05, 4.69) is 17.0 Å². The van der Waals surface area contributed by atoms with Crippen LogP contribution in [0.2, 0.25) is 5.02 Å². The fourth-order valence-corrected chi connectivity index (χ4v) is 3.00. The zero-order valence-electron chi connectivity index (χ0n) is 13.2. The van der Waals surface area contributed by atoms with Crippen molar-refractivity contribution in [1.82, 2.24) is 14.7 Å². The quantitative estimate of drug-likeness (QED) is 0.522. The van der Waals surface area contributed by atoms with Gasteiger partial charge in [0.1, 0.15) is 5.69 Å². The summed E-state index contributed by atoms with van der Waals surface area (Å²) in [6.45, 7) is 2.18. The van der Waals surface area contributed by atoms with Gasteiger partial charge in [0, 0.05) is 5.02 Å². The van der Waals surface area contributed by atoms with Gasteiger partial charge in [0.25, 0.3) is 5.49 Å². The van der Waals surface area contributed by atoms with E-state index in [-0.39, 0.29) is 11.5 Å². The minimum absolute atomic E-state index is 0.0406. The lowest BCUT2D eigenvalue weighted by Crippen LogP contribution is -2.26. The highest BCUT2D eigenvalue weighted by Crippen LogP contribution is 2.25. The molecular weight excluding hydrogens is 334 g/mol. The molecule has 0 aliphatic heterocycles. The Bertz CT molecular complexity index is 804. The highest BCUT2D eigenvalue weighted by Gasteiger charge is 2.26. The Hall–Kier alpha value is -2.35. The van der Waals surface area contributed by atoms with Crippen LogP contribution < -0.4 is 5.49 Å². The molecule has 3 rings (SSSR count). The summed E-state index contributed by atoms with van der Waals surface area (Å²) in [5, 5.41) is 26.0. The first-order chi connectivity index (χ1) is 11.5. The standard InChI is InChI=1S/C15H18ClN5O3/c1-10-2-6-12(7-3-10)17-14-15(21(23)24)18-19(20(14)22)13-8-4-11(16)5-9-13/h4-5,8-10,12,22H,2-3,6-7H2,1H3. The number of nitrogens with zero attached hydrogens (tertiary/aromatic N) is 5. The van der Waals surface area contributed by atoms with Crippen LogP contribution in [-0.4, -0.2) is 30.9 Å². The average molecular weight is 352 g/mol. The highest BCUT2D eigenvalue weighted by atomic mass is 35.5. The molecule has 0 amide bonds. The Morgan fingerprint density at radius 1 is 1.29 bits per heavy atom. The number of nitro groups is 1. The van der Waals surface area contributed by atoms with Crippen molar-refractivity contribution < 1.29 is 10.1 Å². The molecule has 0 spiro atoms. The van der Waals surface area contributed by atoms with E-state index in [0.717, 1.165) is 30.5 Å². The summed E-state index contributed by atoms with van der Waals surface area (Å²) in [5.41, 5.74) is 0.318. The van der Waals surface area contributed by atoms with E-state index in [1.165, 1.54) is 0 Å². The predicted octanol–water partition coefficient (Wildman–Crippen LogP) is 2.95. The van der Waals surface area contributed by atoms with E-state index in [0.29, 0.717) is 21.5 Å². The molecule has 8 nitrogen and oxygen atoms in total. The first kappa shape index (κ1) is 16.5. The molecular formula is C15H18ClN5O3. The van der Waals surface area contributed by atoms with Crippen molar-refractivity contribution in [2.24, 2.45) is 10.9 Å². The Labute approximate surface area is 143 Å². The maximum absolute atomic E-state index is 11.3. The summed E-state index contributed by atoms with van der Waals surface area (Å²) in [4.78, 5) is 16.7. The zero-order valence-corrected chi connectivity index (χ0v) is 13.9. The first-order valence-electron chi connectivity index (χ1n) is 7.81. The van der Waals surface area contributed by atoms with Gasteiger partial charge >= 0.3 is 5.82 Å². The minimum Gasteiger partial charge on any atom is -0.409 e. The zero-order chi connectivity index (χ0) is 17.3. The van der Waals surface area contributed by atoms with E-state index < -0.39 is 10.7 Å². The molecule has 0 saturated heterocycles. The summed E-state index contributed by atoms with van der Waals surface area (Å²) in [7, 11) is 0. The molecule has 1 aliphatic carbocycles. The van der Waals surface area contributed by atoms with Gasteiger partial charge in [-0.1, -0.05) is 23.4 Å². The fourth-order valence-electron chi connectivity index (χ4n) is 2.87. The topological polar surface area (TPSA) is 98.5 Å². The summed E-state index contributed by atoms with van der Waals surface area (Å²) in [6, 6.07) is 6.41. The molecule has 24 heavy (non-hydrogen) atoms. The van der Waals surface area contributed by atoms with Crippen LogP contribution in [0.25, 0.3) is 5.69 Å². The van der Waals surface area contributed by atoms with Gasteiger partial charge < -0.3 is 15.3 Å². The largest absolute Gasteiger partial charge is 0.438 e. The van der Waals surface area contributed by atoms with Gasteiger partial charge in [0.2, 0.25) is 0 Å². The Morgan fingerprint density at radius 3 is 2.50 bits per heavy atom. The average Bonchev–Trinajstić information content (AvgIpc) is 2.88. The summed E-state index contributed by atoms with van der Waals surface area (Å²) >= 11 is 5.84. The lowest BCUT2D eigenvalue weighted by Gasteiger charge is -2.22. The van der Waals surface area contributed by atoms with E-state index >= 15 is 0 Å². The van der Waals surface area contributed by atoms with Gasteiger partial charge in [-0.05, 0) is 65.6 Å². The van der Waals surface area contributed by atoms with Gasteiger partial charge in [-0.3, -0.25) is 4.99 Å². The van der Waals surface area contributed by atoms with Crippen LogP contribution in [0.3, 0.4) is 0 Å². The predicted molar refractivity (Wildman–Crippen MR) is 87.4 cm³/mol. The lowest BCUT2D eigenvalue weighted by molar-refractivity contribution is -0.391. The van der Waals surface area contributed by atoms with Gasteiger partial charge in [-0.2, -0.15) is 0 Å². The van der Waals surface area contributed by atoms with Crippen LogP contribution in [0.4, 0.5) is 5.82 Å². The molecule has 1 aliphatic rings. The number of benzene rings is 1. The molecule has 1 aromatic heterocycles. The van der Waals surface area contributed by atoms with Crippen molar-refractivity contribution in [3.8, 4) is 5.69 Å². The Morgan fingerprint density at radius 2 is 1.92 bits per heavy atom. The molecule has 0 unspecified atom stereocenters. The smallest absolute Gasteiger partial charge is 0.409 e. The van der Waals surface area contributed by atoms with E-state index in [1.54, 1.807) is 24.3 Å². The molecule has 2 aromatic rings. The van der Waals surface area contributed by atoms with E-state index in [4.69, 9.17) is 11.6 Å². The number of halogens is 1. The molecule has 1 aromatic carbocycles. The Kier molecular flexibility index (Phi) is 4.57. The number of hydrogen-bond acceptors (Lipinski definition) is 5. The van der Waals surface area contributed by atoms with Crippen LogP contribution in [0.1, 0.15) is 32.6 Å². The molecule has 1 saturated carbocycles. The van der Waals surface area contributed by atoms with Crippen LogP contribution >= 0.6 is 11.6 Å². The molecule has 0 radical (unpaired) electrons. The number of hydrogen-bond donors (Lipinski definition) is 1. The summed E-state index contributed by atoms with van der Waals surface area (Å²) in [6.07, 6.45) is 3.76. The fraction of sp³-hybridized carbons (Fsp3) is 0.467. The van der Waals surface area contributed by atoms with Gasteiger partial charge in [0.15, 0.2) is 0 Å². The van der Waals surface area contributed by atoms with Crippen molar-refractivity contribution in [3.63, 3.8) is 0 Å². The van der Waals surface area contributed by atoms with Crippen molar-refractivity contribution in [3.05, 3.63) is 44.9 Å². The minimum atomic E-state index is -0.635. The van der Waals surface area contributed by atoms with Crippen molar-refractivity contribution in [2.45, 2.75) is 38.6 Å². The third kappa shape index (κ3) is 3.28. The molecule has 1 heterocycles. The van der Waals surface area contributed by atoms with Crippen molar-refractivity contribution >= 4 is 17.4 Å². The molecule has 9 heteroatoms. The second kappa shape index (κ2) is 6.64. The molecule has 128 valence electrons. The Balaban J connectivity index is 2.05. The van der Waals surface area contributed by atoms with Crippen molar-refractivity contribution in [1.29, 1.82) is 0 Å². The molecule has 1 N–H and O–H groups in total. The van der Waals surface area contributed by atoms with Gasteiger partial charge in [0.05, 0.1) is 11.1 Å². The van der Waals surface area contributed by atoms with Gasteiger partial charge in [-0.25, -0.2) is 0 Å². The maximum atomic E-state index is 11.3. The second-order valence-corrected chi connectivity index (χ2v) is 6.54. The third-order valence-electron chi connectivity index (χ3n) is 4.28. The monoisotopic (exact) mass is 351 g/mol. The highest BCUT2D eigenvalue weighted by molar-refractivity contribution is 6.30. The number of aromatic nitrogens is 3. The van der Waals surface area contributed by atoms with Gasteiger partial charge in [-0.15, -0.1) is 0 Å². The first-order valence-corrected chi connectivity index (χ1v) is 8.19. The van der Waals surface area contributed by atoms with Crippen molar-refractivity contribution in [2.75, 3.05) is 0 Å². The third-order valence-corrected chi connectivity index (χ3v) is 4.53. The summed E-state index contributed by atoms with van der Waals surface area (Å²) < 4.78 is 0. The molecule has 1 fully saturated rings. The lowest BCUT2D eigenvalue weighted by atomic mass is 9.88. The number of rotatable bonds is 3. The van der Waals surface area contributed by atoms with E-state index in [1.807, 2.05) is 0 Å². The SMILES string of the molecule is CC1CCC(N=c2c([N+](=O)[O-])nn(-c3ccc(Cl)cc3)n2O)CC1. The van der Waals surface area contributed by atoms with Crippen LogP contribution in [0.15, 0.2) is 29.3 Å². The van der Waals surface area contributed by atoms with Crippen LogP contribution in [-0.2, 0) is 0 Å². The second-order valence-electron chi connectivity index (χ2n) is 6.10. The van der Waals surface area contributed by atoms with Crippen LogP contribution in [0.5, 0.6) is 0 Å². The normalized spacial score (nSPS) is 21.8. The molecule has 0 bridgehead atoms. The van der Waals surface area contributed by atoms with Crippen LogP contribution in [0, 0.1) is 16.0 Å².